The van der Waals surface area contributed by atoms with Crippen molar-refractivity contribution in [3.05, 3.63) is 77.0 Å². The van der Waals surface area contributed by atoms with Crippen LogP contribution < -0.4 is 0 Å². The molecule has 96 valence electrons. The van der Waals surface area contributed by atoms with Gasteiger partial charge in [-0.05, 0) is 19.1 Å². The first-order chi connectivity index (χ1) is 9.18. The minimum atomic E-state index is -0.694. The number of hydrogen-bond donors (Lipinski definition) is 0. The Morgan fingerprint density at radius 1 is 0.947 bits per heavy atom. The maximum absolute atomic E-state index is 14.1. The highest BCUT2D eigenvalue weighted by Crippen LogP contribution is 2.29. The average Bonchev–Trinajstić information content (AvgIpc) is 2.47. The van der Waals surface area contributed by atoms with E-state index in [0.29, 0.717) is 10.5 Å². The quantitative estimate of drug-likeness (QED) is 0.449. The Hall–Kier alpha value is -1.87. The number of halogens is 1. The molecule has 2 aromatic rings. The largest absolute Gasteiger partial charge is 0.286 e. The monoisotopic (exact) mass is 272 g/mol. The maximum atomic E-state index is 14.1. The zero-order valence-electron chi connectivity index (χ0n) is 10.5. The van der Waals surface area contributed by atoms with Crippen LogP contribution in [0.4, 0.5) is 4.39 Å². The zero-order valence-corrected chi connectivity index (χ0v) is 11.3. The number of hydrogen-bond acceptors (Lipinski definition) is 2. The number of thioether (sulfide) groups is 1. The molecule has 0 amide bonds. The predicted octanol–water partition coefficient (Wildman–Crippen LogP) is 4.86. The topological polar surface area (TPSA) is 17.1 Å². The standard InChI is InChI=1S/C16H13FOS/c1-12(19-14-10-6-3-7-11-14)15(17)16(18)13-8-4-2-5-9-13/h2-11H,1H3/b15-12-. The maximum Gasteiger partial charge on any atom is 0.222 e. The van der Waals surface area contributed by atoms with Gasteiger partial charge in [-0.1, -0.05) is 60.3 Å². The van der Waals surface area contributed by atoms with Crippen LogP contribution in [0.25, 0.3) is 0 Å². The van der Waals surface area contributed by atoms with Crippen LogP contribution in [0.5, 0.6) is 0 Å². The van der Waals surface area contributed by atoms with Crippen LogP contribution in [0.15, 0.2) is 76.3 Å². The average molecular weight is 272 g/mol. The van der Waals surface area contributed by atoms with Gasteiger partial charge in [-0.2, -0.15) is 0 Å². The van der Waals surface area contributed by atoms with Crippen LogP contribution in [0.3, 0.4) is 0 Å². The summed E-state index contributed by atoms with van der Waals surface area (Å²) in [7, 11) is 0. The summed E-state index contributed by atoms with van der Waals surface area (Å²) >= 11 is 1.26. The van der Waals surface area contributed by atoms with Crippen LogP contribution in [0.1, 0.15) is 17.3 Å². The van der Waals surface area contributed by atoms with Gasteiger partial charge in [0.05, 0.1) is 0 Å². The number of benzene rings is 2. The molecule has 0 atom stereocenters. The van der Waals surface area contributed by atoms with Gasteiger partial charge in [-0.25, -0.2) is 4.39 Å². The molecule has 0 radical (unpaired) electrons. The van der Waals surface area contributed by atoms with Crippen LogP contribution in [0, 0.1) is 0 Å². The number of rotatable bonds is 4. The molecular formula is C16H13FOS. The van der Waals surface area contributed by atoms with Crippen molar-refractivity contribution in [2.75, 3.05) is 0 Å². The molecule has 19 heavy (non-hydrogen) atoms. The molecule has 0 saturated heterocycles. The molecular weight excluding hydrogens is 259 g/mol. The van der Waals surface area contributed by atoms with Gasteiger partial charge in [0.25, 0.3) is 0 Å². The zero-order chi connectivity index (χ0) is 13.7. The Morgan fingerprint density at radius 2 is 1.47 bits per heavy atom. The normalized spacial score (nSPS) is 11.9. The molecule has 0 spiro atoms. The van der Waals surface area contributed by atoms with Gasteiger partial charge in [0.1, 0.15) is 0 Å². The second-order valence-electron chi connectivity index (χ2n) is 3.98. The van der Waals surface area contributed by atoms with E-state index >= 15 is 0 Å². The van der Waals surface area contributed by atoms with E-state index in [0.717, 1.165) is 4.90 Å². The summed E-state index contributed by atoms with van der Waals surface area (Å²) in [5.41, 5.74) is 0.369. The van der Waals surface area contributed by atoms with Crippen molar-refractivity contribution >= 4 is 17.5 Å². The molecule has 2 aromatic carbocycles. The number of ketones is 1. The SMILES string of the molecule is C/C(Sc1ccccc1)=C(/F)C(=O)c1ccccc1. The summed E-state index contributed by atoms with van der Waals surface area (Å²) in [5.74, 6) is -1.26. The Kier molecular flexibility index (Phi) is 4.53. The lowest BCUT2D eigenvalue weighted by molar-refractivity contribution is 0.100. The molecule has 0 aliphatic carbocycles. The number of carbonyl (C=O) groups excluding carboxylic acids is 1. The first-order valence-corrected chi connectivity index (χ1v) is 6.69. The van der Waals surface area contributed by atoms with Crippen LogP contribution >= 0.6 is 11.8 Å². The summed E-state index contributed by atoms with van der Waals surface area (Å²) < 4.78 is 14.1. The van der Waals surface area contributed by atoms with Gasteiger partial charge in [-0.15, -0.1) is 0 Å². The summed E-state index contributed by atoms with van der Waals surface area (Å²) in [5, 5.41) is 0. The molecule has 0 aliphatic rings. The van der Waals surface area contributed by atoms with Crippen LogP contribution in [-0.4, -0.2) is 5.78 Å². The lowest BCUT2D eigenvalue weighted by atomic mass is 10.1. The Bertz CT molecular complexity index is 591. The van der Waals surface area contributed by atoms with Crippen molar-refractivity contribution in [3.8, 4) is 0 Å². The van der Waals surface area contributed by atoms with Gasteiger partial charge in [-0.3, -0.25) is 4.79 Å². The lowest BCUT2D eigenvalue weighted by Gasteiger charge is -2.04. The molecule has 3 heteroatoms. The van der Waals surface area contributed by atoms with E-state index in [9.17, 15) is 9.18 Å². The van der Waals surface area contributed by atoms with Crippen molar-refractivity contribution in [2.45, 2.75) is 11.8 Å². The summed E-state index contributed by atoms with van der Waals surface area (Å²) in [6, 6.07) is 17.9. The first-order valence-electron chi connectivity index (χ1n) is 5.87. The third kappa shape index (κ3) is 3.55. The highest BCUT2D eigenvalue weighted by molar-refractivity contribution is 8.03. The summed E-state index contributed by atoms with van der Waals surface area (Å²) in [6.07, 6.45) is 0. The van der Waals surface area contributed by atoms with Gasteiger partial charge in [0.2, 0.25) is 5.78 Å². The molecule has 2 rings (SSSR count). The molecule has 0 N–H and O–H groups in total. The molecule has 0 unspecified atom stereocenters. The van der Waals surface area contributed by atoms with Crippen molar-refractivity contribution in [1.82, 2.24) is 0 Å². The minimum absolute atomic E-state index is 0.369. The van der Waals surface area contributed by atoms with Crippen molar-refractivity contribution < 1.29 is 9.18 Å². The fourth-order valence-corrected chi connectivity index (χ4v) is 2.42. The summed E-state index contributed by atoms with van der Waals surface area (Å²) in [6.45, 7) is 1.62. The lowest BCUT2D eigenvalue weighted by Crippen LogP contribution is -2.00. The molecule has 0 aromatic heterocycles. The number of allylic oxidation sites excluding steroid dienone is 2. The highest BCUT2D eigenvalue weighted by atomic mass is 32.2. The summed E-state index contributed by atoms with van der Waals surface area (Å²) in [4.78, 5) is 13.2. The van der Waals surface area contributed by atoms with E-state index in [-0.39, 0.29) is 0 Å². The Balaban J connectivity index is 2.19. The van der Waals surface area contributed by atoms with Crippen molar-refractivity contribution in [2.24, 2.45) is 0 Å². The third-order valence-electron chi connectivity index (χ3n) is 2.56. The number of Topliss-reactive ketones (excluding diaryl/α,β-unsaturated/α-hetero) is 1. The van der Waals surface area contributed by atoms with Gasteiger partial charge < -0.3 is 0 Å². The van der Waals surface area contributed by atoms with E-state index in [1.54, 1.807) is 37.3 Å². The van der Waals surface area contributed by atoms with Crippen molar-refractivity contribution in [1.29, 1.82) is 0 Å². The van der Waals surface area contributed by atoms with E-state index < -0.39 is 11.6 Å². The predicted molar refractivity (Wildman–Crippen MR) is 76.9 cm³/mol. The van der Waals surface area contributed by atoms with Gasteiger partial charge >= 0.3 is 0 Å². The Morgan fingerprint density at radius 3 is 2.05 bits per heavy atom. The smallest absolute Gasteiger partial charge is 0.222 e. The van der Waals surface area contributed by atoms with Crippen LogP contribution in [-0.2, 0) is 0 Å². The van der Waals surface area contributed by atoms with Gasteiger partial charge in [0, 0.05) is 15.4 Å². The van der Waals surface area contributed by atoms with E-state index in [2.05, 4.69) is 0 Å². The third-order valence-corrected chi connectivity index (χ3v) is 3.55. The molecule has 0 bridgehead atoms. The fourth-order valence-electron chi connectivity index (χ4n) is 1.59. The second-order valence-corrected chi connectivity index (χ2v) is 5.27. The molecule has 0 saturated carbocycles. The molecule has 1 nitrogen and oxygen atoms in total. The first kappa shape index (κ1) is 13.6. The second kappa shape index (κ2) is 6.34. The molecule has 0 aliphatic heterocycles. The highest BCUT2D eigenvalue weighted by Gasteiger charge is 2.15. The van der Waals surface area contributed by atoms with E-state index in [1.165, 1.54) is 11.8 Å². The van der Waals surface area contributed by atoms with Gasteiger partial charge in [0.15, 0.2) is 5.83 Å². The Labute approximate surface area is 116 Å². The molecule has 0 fully saturated rings. The van der Waals surface area contributed by atoms with E-state index in [1.807, 2.05) is 30.3 Å². The number of carbonyl (C=O) groups is 1. The van der Waals surface area contributed by atoms with Crippen LogP contribution in [0.2, 0.25) is 0 Å². The minimum Gasteiger partial charge on any atom is -0.286 e. The fraction of sp³-hybridized carbons (Fsp3) is 0.0625. The molecule has 0 heterocycles. The van der Waals surface area contributed by atoms with Crippen molar-refractivity contribution in [3.63, 3.8) is 0 Å². The van der Waals surface area contributed by atoms with E-state index in [4.69, 9.17) is 0 Å².